The second-order valence-electron chi connectivity index (χ2n) is 3.88. The fourth-order valence-corrected chi connectivity index (χ4v) is 2.69. The zero-order chi connectivity index (χ0) is 10.2. The molecule has 0 bridgehead atoms. The van der Waals surface area contributed by atoms with Gasteiger partial charge in [-0.2, -0.15) is 11.8 Å². The van der Waals surface area contributed by atoms with Crippen molar-refractivity contribution in [3.8, 4) is 0 Å². The van der Waals surface area contributed by atoms with Crippen molar-refractivity contribution >= 4 is 11.8 Å². The Morgan fingerprint density at radius 2 is 2.21 bits per heavy atom. The second kappa shape index (κ2) is 7.55. The summed E-state index contributed by atoms with van der Waals surface area (Å²) in [6.07, 6.45) is 2.63. The highest BCUT2D eigenvalue weighted by molar-refractivity contribution is 7.99. The lowest BCUT2D eigenvalue weighted by atomic mass is 10.2. The minimum atomic E-state index is 0.812. The smallest absolute Gasteiger partial charge is 0.0233 e. The van der Waals surface area contributed by atoms with Crippen molar-refractivity contribution in [1.29, 1.82) is 0 Å². The van der Waals surface area contributed by atoms with Crippen LogP contribution in [0, 0.1) is 0 Å². The average Bonchev–Trinajstić information content (AvgIpc) is 2.70. The molecule has 1 aliphatic rings. The van der Waals surface area contributed by atoms with Crippen molar-refractivity contribution in [3.05, 3.63) is 0 Å². The van der Waals surface area contributed by atoms with Gasteiger partial charge >= 0.3 is 0 Å². The molecule has 2 nitrogen and oxygen atoms in total. The number of nitrogens with zero attached hydrogens (tertiary/aromatic N) is 1. The molecule has 1 saturated heterocycles. The Balaban J connectivity index is 2.22. The third kappa shape index (κ3) is 4.20. The van der Waals surface area contributed by atoms with Crippen molar-refractivity contribution in [2.75, 3.05) is 37.7 Å². The lowest BCUT2D eigenvalue weighted by Gasteiger charge is -2.27. The third-order valence-electron chi connectivity index (χ3n) is 2.79. The molecule has 1 N–H and O–H groups in total. The van der Waals surface area contributed by atoms with Crippen LogP contribution in [0.5, 0.6) is 0 Å². The summed E-state index contributed by atoms with van der Waals surface area (Å²) < 4.78 is 0. The van der Waals surface area contributed by atoms with Crippen LogP contribution in [0.3, 0.4) is 0 Å². The molecule has 0 amide bonds. The van der Waals surface area contributed by atoms with Crippen molar-refractivity contribution in [1.82, 2.24) is 10.2 Å². The first-order valence-corrected chi connectivity index (χ1v) is 7.06. The average molecular weight is 216 g/mol. The van der Waals surface area contributed by atoms with Crippen molar-refractivity contribution < 1.29 is 0 Å². The Morgan fingerprint density at radius 1 is 1.36 bits per heavy atom. The molecule has 1 aliphatic heterocycles. The number of nitrogens with one attached hydrogen (secondary N) is 1. The number of hydrogen-bond donors (Lipinski definition) is 1. The Morgan fingerprint density at radius 3 is 2.79 bits per heavy atom. The van der Waals surface area contributed by atoms with Gasteiger partial charge in [-0.15, -0.1) is 0 Å². The highest BCUT2D eigenvalue weighted by Crippen LogP contribution is 2.10. The summed E-state index contributed by atoms with van der Waals surface area (Å²) in [5.41, 5.74) is 0. The fraction of sp³-hybridized carbons (Fsp3) is 1.00. The van der Waals surface area contributed by atoms with E-state index in [2.05, 4.69) is 35.8 Å². The van der Waals surface area contributed by atoms with E-state index in [0.717, 1.165) is 6.04 Å². The maximum atomic E-state index is 3.45. The highest BCUT2D eigenvalue weighted by atomic mass is 32.2. The molecule has 1 unspecified atom stereocenters. The van der Waals surface area contributed by atoms with Crippen molar-refractivity contribution in [2.24, 2.45) is 0 Å². The Kier molecular flexibility index (Phi) is 6.65. The molecule has 1 atom stereocenters. The van der Waals surface area contributed by atoms with E-state index in [-0.39, 0.29) is 0 Å². The van der Waals surface area contributed by atoms with Gasteiger partial charge in [0.25, 0.3) is 0 Å². The quantitative estimate of drug-likeness (QED) is 0.654. The molecular weight excluding hydrogens is 192 g/mol. The fourth-order valence-electron chi connectivity index (χ4n) is 2.04. The lowest BCUT2D eigenvalue weighted by Crippen LogP contribution is -2.38. The molecule has 0 aromatic carbocycles. The normalized spacial score (nSPS) is 22.1. The van der Waals surface area contributed by atoms with Gasteiger partial charge in [-0.1, -0.05) is 13.8 Å². The van der Waals surface area contributed by atoms with Gasteiger partial charge in [-0.3, -0.25) is 4.90 Å². The van der Waals surface area contributed by atoms with Crippen molar-refractivity contribution in [3.63, 3.8) is 0 Å². The van der Waals surface area contributed by atoms with E-state index in [4.69, 9.17) is 0 Å². The van der Waals surface area contributed by atoms with Crippen LogP contribution < -0.4 is 5.32 Å². The summed E-state index contributed by atoms with van der Waals surface area (Å²) >= 11 is 2.06. The summed E-state index contributed by atoms with van der Waals surface area (Å²) in [7, 11) is 0. The summed E-state index contributed by atoms with van der Waals surface area (Å²) in [4.78, 5) is 2.67. The number of thioether (sulfide) groups is 1. The summed E-state index contributed by atoms with van der Waals surface area (Å²) in [5.74, 6) is 2.55. The standard InChI is InChI=1S/C11H24N2S/c1-3-7-13(8-9-14-4-2)11-5-6-12-10-11/h11-12H,3-10H2,1-2H3. The molecule has 1 fully saturated rings. The minimum absolute atomic E-state index is 0.812. The van der Waals surface area contributed by atoms with Crippen LogP contribution in [0.4, 0.5) is 0 Å². The maximum Gasteiger partial charge on any atom is 0.0233 e. The van der Waals surface area contributed by atoms with Gasteiger partial charge < -0.3 is 5.32 Å². The summed E-state index contributed by atoms with van der Waals surface area (Å²) in [6, 6.07) is 0.812. The minimum Gasteiger partial charge on any atom is -0.315 e. The summed E-state index contributed by atoms with van der Waals surface area (Å²) in [5, 5.41) is 3.45. The number of hydrogen-bond acceptors (Lipinski definition) is 3. The second-order valence-corrected chi connectivity index (χ2v) is 5.27. The van der Waals surface area contributed by atoms with Gasteiger partial charge in [0, 0.05) is 24.9 Å². The Hall–Kier alpha value is 0.270. The molecule has 3 heteroatoms. The maximum absolute atomic E-state index is 3.45. The van der Waals surface area contributed by atoms with Gasteiger partial charge in [-0.25, -0.2) is 0 Å². The first-order chi connectivity index (χ1) is 6.88. The van der Waals surface area contributed by atoms with Crippen molar-refractivity contribution in [2.45, 2.75) is 32.7 Å². The van der Waals surface area contributed by atoms with Gasteiger partial charge in [0.15, 0.2) is 0 Å². The molecule has 84 valence electrons. The van der Waals surface area contributed by atoms with Crippen LogP contribution in [0.15, 0.2) is 0 Å². The number of rotatable bonds is 7. The first kappa shape index (κ1) is 12.3. The zero-order valence-corrected chi connectivity index (χ0v) is 10.4. The van der Waals surface area contributed by atoms with Crippen LogP contribution in [-0.4, -0.2) is 48.6 Å². The largest absolute Gasteiger partial charge is 0.315 e. The van der Waals surface area contributed by atoms with E-state index < -0.39 is 0 Å². The Labute approximate surface area is 92.8 Å². The lowest BCUT2D eigenvalue weighted by molar-refractivity contribution is 0.221. The predicted molar refractivity (Wildman–Crippen MR) is 66.1 cm³/mol. The van der Waals surface area contributed by atoms with Crippen LogP contribution in [-0.2, 0) is 0 Å². The van der Waals surface area contributed by atoms with Gasteiger partial charge in [0.05, 0.1) is 0 Å². The molecular formula is C11H24N2S. The van der Waals surface area contributed by atoms with E-state index in [1.807, 2.05) is 0 Å². The van der Waals surface area contributed by atoms with Gasteiger partial charge in [0.1, 0.15) is 0 Å². The van der Waals surface area contributed by atoms with E-state index in [0.29, 0.717) is 0 Å². The molecule has 1 heterocycles. The molecule has 14 heavy (non-hydrogen) atoms. The molecule has 0 radical (unpaired) electrons. The van der Waals surface area contributed by atoms with Crippen LogP contribution in [0.25, 0.3) is 0 Å². The van der Waals surface area contributed by atoms with E-state index in [1.54, 1.807) is 0 Å². The van der Waals surface area contributed by atoms with Crippen LogP contribution in [0.2, 0.25) is 0 Å². The molecule has 0 saturated carbocycles. The highest BCUT2D eigenvalue weighted by Gasteiger charge is 2.20. The van der Waals surface area contributed by atoms with E-state index >= 15 is 0 Å². The Bertz CT molecular complexity index is 135. The molecule has 0 aromatic heterocycles. The molecule has 0 spiro atoms. The zero-order valence-electron chi connectivity index (χ0n) is 9.59. The van der Waals surface area contributed by atoms with Gasteiger partial charge in [-0.05, 0) is 31.7 Å². The molecule has 0 aliphatic carbocycles. The molecule has 0 aromatic rings. The van der Waals surface area contributed by atoms with E-state index in [1.165, 1.54) is 50.5 Å². The first-order valence-electron chi connectivity index (χ1n) is 5.91. The molecule has 1 rings (SSSR count). The van der Waals surface area contributed by atoms with E-state index in [9.17, 15) is 0 Å². The third-order valence-corrected chi connectivity index (χ3v) is 3.67. The topological polar surface area (TPSA) is 15.3 Å². The van der Waals surface area contributed by atoms with Gasteiger partial charge in [0.2, 0.25) is 0 Å². The van der Waals surface area contributed by atoms with Crippen LogP contribution >= 0.6 is 11.8 Å². The summed E-state index contributed by atoms with van der Waals surface area (Å²) in [6.45, 7) is 9.49. The predicted octanol–water partition coefficient (Wildman–Crippen LogP) is 1.81. The monoisotopic (exact) mass is 216 g/mol. The SMILES string of the molecule is CCCN(CCSCC)C1CCNC1. The van der Waals surface area contributed by atoms with Crippen LogP contribution in [0.1, 0.15) is 26.7 Å².